The quantitative estimate of drug-likeness (QED) is 0.774. The highest BCUT2D eigenvalue weighted by atomic mass is 35.5. The summed E-state index contributed by atoms with van der Waals surface area (Å²) in [5.74, 6) is -0.965. The van der Waals surface area contributed by atoms with Gasteiger partial charge in [-0.05, 0) is 31.7 Å². The fourth-order valence-electron chi connectivity index (χ4n) is 1.54. The van der Waals surface area contributed by atoms with Gasteiger partial charge in [0.25, 0.3) is 0 Å². The Kier molecular flexibility index (Phi) is 6.12. The number of benzene rings is 1. The van der Waals surface area contributed by atoms with Crippen molar-refractivity contribution >= 4 is 17.6 Å². The van der Waals surface area contributed by atoms with Crippen LogP contribution in [0.25, 0.3) is 0 Å². The Balaban J connectivity index is 2.59. The summed E-state index contributed by atoms with van der Waals surface area (Å²) in [4.78, 5) is 12.9. The van der Waals surface area contributed by atoms with Gasteiger partial charge in [0.15, 0.2) is 0 Å². The first-order chi connectivity index (χ1) is 8.54. The Morgan fingerprint density at radius 2 is 2.22 bits per heavy atom. The number of hydrogen-bond donors (Lipinski definition) is 1. The first kappa shape index (κ1) is 15.0. The molecule has 5 heteroatoms. The van der Waals surface area contributed by atoms with Crippen molar-refractivity contribution in [3.05, 3.63) is 34.3 Å². The van der Waals surface area contributed by atoms with Crippen molar-refractivity contribution < 1.29 is 14.6 Å². The lowest BCUT2D eigenvalue weighted by Gasteiger charge is -2.17. The first-order valence-corrected chi connectivity index (χ1v) is 6.20. The highest BCUT2D eigenvalue weighted by Gasteiger charge is 2.08. The molecule has 0 atom stereocenters. The molecule has 1 rings (SSSR count). The molecule has 0 aromatic heterocycles. The molecule has 0 bridgehead atoms. The van der Waals surface area contributed by atoms with Gasteiger partial charge in [-0.1, -0.05) is 17.7 Å². The number of carboxylic acid groups (broad SMARTS) is 1. The van der Waals surface area contributed by atoms with Gasteiger partial charge in [0.1, 0.15) is 0 Å². The zero-order chi connectivity index (χ0) is 13.5. The molecule has 1 aromatic carbocycles. The SMILES string of the molecule is CCOCCN(C)Cc1ccc(C(=O)O)cc1Cl. The molecule has 0 aliphatic carbocycles. The minimum absolute atomic E-state index is 0.209. The molecule has 1 N–H and O–H groups in total. The van der Waals surface area contributed by atoms with Crippen LogP contribution in [0.5, 0.6) is 0 Å². The summed E-state index contributed by atoms with van der Waals surface area (Å²) in [6, 6.07) is 4.80. The van der Waals surface area contributed by atoms with Crippen molar-refractivity contribution in [3.63, 3.8) is 0 Å². The topological polar surface area (TPSA) is 49.8 Å². The van der Waals surface area contributed by atoms with Gasteiger partial charge in [0.2, 0.25) is 0 Å². The van der Waals surface area contributed by atoms with Gasteiger partial charge in [0.05, 0.1) is 12.2 Å². The Morgan fingerprint density at radius 1 is 1.50 bits per heavy atom. The summed E-state index contributed by atoms with van der Waals surface area (Å²) in [5.41, 5.74) is 1.13. The van der Waals surface area contributed by atoms with E-state index in [1.165, 1.54) is 6.07 Å². The van der Waals surface area contributed by atoms with E-state index < -0.39 is 5.97 Å². The predicted octanol–water partition coefficient (Wildman–Crippen LogP) is 2.51. The average Bonchev–Trinajstić information content (AvgIpc) is 2.32. The van der Waals surface area contributed by atoms with Crippen molar-refractivity contribution in [3.8, 4) is 0 Å². The number of halogens is 1. The molecule has 1 aromatic rings. The minimum atomic E-state index is -0.965. The third-order valence-corrected chi connectivity index (χ3v) is 2.91. The van der Waals surface area contributed by atoms with Gasteiger partial charge in [0, 0.05) is 24.7 Å². The maximum atomic E-state index is 10.8. The van der Waals surface area contributed by atoms with Crippen LogP contribution >= 0.6 is 11.6 Å². The van der Waals surface area contributed by atoms with Crippen LogP contribution in [0.15, 0.2) is 18.2 Å². The lowest BCUT2D eigenvalue weighted by Crippen LogP contribution is -2.23. The number of ether oxygens (including phenoxy) is 1. The summed E-state index contributed by atoms with van der Waals surface area (Å²) in [6.07, 6.45) is 0. The Morgan fingerprint density at radius 3 is 2.78 bits per heavy atom. The van der Waals surface area contributed by atoms with E-state index in [1.807, 2.05) is 14.0 Å². The summed E-state index contributed by atoms with van der Waals surface area (Å²) >= 11 is 6.06. The monoisotopic (exact) mass is 271 g/mol. The summed E-state index contributed by atoms with van der Waals surface area (Å²) in [7, 11) is 1.97. The van der Waals surface area contributed by atoms with Crippen molar-refractivity contribution in [2.75, 3.05) is 26.8 Å². The third kappa shape index (κ3) is 4.64. The van der Waals surface area contributed by atoms with Crippen LogP contribution in [0, 0.1) is 0 Å². The van der Waals surface area contributed by atoms with Gasteiger partial charge < -0.3 is 9.84 Å². The second kappa shape index (κ2) is 7.36. The molecule has 0 amide bonds. The Hall–Kier alpha value is -1.10. The smallest absolute Gasteiger partial charge is 0.335 e. The highest BCUT2D eigenvalue weighted by molar-refractivity contribution is 6.31. The number of rotatable bonds is 7. The molecule has 0 saturated heterocycles. The number of carbonyl (C=O) groups is 1. The molecule has 4 nitrogen and oxygen atoms in total. The molecule has 0 spiro atoms. The fourth-order valence-corrected chi connectivity index (χ4v) is 1.78. The lowest BCUT2D eigenvalue weighted by atomic mass is 10.1. The normalized spacial score (nSPS) is 10.9. The fraction of sp³-hybridized carbons (Fsp3) is 0.462. The van der Waals surface area contributed by atoms with Crippen molar-refractivity contribution in [1.29, 1.82) is 0 Å². The summed E-state index contributed by atoms with van der Waals surface area (Å²) in [6.45, 7) is 4.83. The Labute approximate surface area is 112 Å². The van der Waals surface area contributed by atoms with Gasteiger partial charge >= 0.3 is 5.97 Å². The number of carboxylic acids is 1. The Bertz CT molecular complexity index is 409. The van der Waals surface area contributed by atoms with Crippen molar-refractivity contribution in [2.45, 2.75) is 13.5 Å². The number of likely N-dealkylation sites (N-methyl/N-ethyl adjacent to an activating group) is 1. The molecular weight excluding hydrogens is 254 g/mol. The van der Waals surface area contributed by atoms with E-state index in [0.29, 0.717) is 24.8 Å². The summed E-state index contributed by atoms with van der Waals surface area (Å²) in [5, 5.41) is 9.32. The van der Waals surface area contributed by atoms with E-state index in [0.717, 1.165) is 12.1 Å². The predicted molar refractivity (Wildman–Crippen MR) is 71.2 cm³/mol. The zero-order valence-electron chi connectivity index (χ0n) is 10.6. The van der Waals surface area contributed by atoms with Crippen LogP contribution in [-0.4, -0.2) is 42.8 Å². The van der Waals surface area contributed by atoms with Crippen LogP contribution in [0.3, 0.4) is 0 Å². The van der Waals surface area contributed by atoms with Crippen LogP contribution in [0.1, 0.15) is 22.8 Å². The molecule has 0 saturated carbocycles. The van der Waals surface area contributed by atoms with Crippen LogP contribution in [0.2, 0.25) is 5.02 Å². The molecule has 0 unspecified atom stereocenters. The molecule has 0 heterocycles. The molecule has 0 aliphatic rings. The molecule has 100 valence electrons. The van der Waals surface area contributed by atoms with E-state index >= 15 is 0 Å². The maximum absolute atomic E-state index is 10.8. The third-order valence-electron chi connectivity index (χ3n) is 2.56. The second-order valence-corrected chi connectivity index (χ2v) is 4.45. The van der Waals surface area contributed by atoms with Crippen LogP contribution in [-0.2, 0) is 11.3 Å². The largest absolute Gasteiger partial charge is 0.478 e. The molecule has 0 aliphatic heterocycles. The first-order valence-electron chi connectivity index (χ1n) is 5.82. The molecule has 0 radical (unpaired) electrons. The molecular formula is C13H18ClNO3. The zero-order valence-corrected chi connectivity index (χ0v) is 11.4. The van der Waals surface area contributed by atoms with Gasteiger partial charge in [-0.2, -0.15) is 0 Å². The van der Waals surface area contributed by atoms with E-state index in [1.54, 1.807) is 12.1 Å². The number of hydrogen-bond acceptors (Lipinski definition) is 3. The van der Waals surface area contributed by atoms with Gasteiger partial charge in [-0.25, -0.2) is 4.79 Å². The van der Waals surface area contributed by atoms with E-state index in [4.69, 9.17) is 21.4 Å². The standard InChI is InChI=1S/C13H18ClNO3/c1-3-18-7-6-15(2)9-11-5-4-10(13(16)17)8-12(11)14/h4-5,8H,3,6-7,9H2,1-2H3,(H,16,17). The number of nitrogens with zero attached hydrogens (tertiary/aromatic N) is 1. The average molecular weight is 272 g/mol. The summed E-state index contributed by atoms with van der Waals surface area (Å²) < 4.78 is 5.27. The van der Waals surface area contributed by atoms with E-state index in [-0.39, 0.29) is 5.56 Å². The molecule has 18 heavy (non-hydrogen) atoms. The van der Waals surface area contributed by atoms with E-state index in [2.05, 4.69) is 4.90 Å². The molecule has 0 fully saturated rings. The minimum Gasteiger partial charge on any atom is -0.478 e. The van der Waals surface area contributed by atoms with Gasteiger partial charge in [-0.3, -0.25) is 4.90 Å². The van der Waals surface area contributed by atoms with Crippen LogP contribution in [0.4, 0.5) is 0 Å². The van der Waals surface area contributed by atoms with Crippen LogP contribution < -0.4 is 0 Å². The maximum Gasteiger partial charge on any atom is 0.335 e. The highest BCUT2D eigenvalue weighted by Crippen LogP contribution is 2.19. The van der Waals surface area contributed by atoms with Gasteiger partial charge in [-0.15, -0.1) is 0 Å². The lowest BCUT2D eigenvalue weighted by molar-refractivity contribution is 0.0697. The second-order valence-electron chi connectivity index (χ2n) is 4.05. The van der Waals surface area contributed by atoms with E-state index in [9.17, 15) is 4.79 Å². The number of aromatic carboxylic acids is 1. The van der Waals surface area contributed by atoms with Crippen molar-refractivity contribution in [1.82, 2.24) is 4.90 Å². The van der Waals surface area contributed by atoms with Crippen molar-refractivity contribution in [2.24, 2.45) is 0 Å².